The molecule has 0 nitrogen and oxygen atoms in total. The van der Waals surface area contributed by atoms with Crippen LogP contribution in [0.15, 0.2) is 0 Å². The summed E-state index contributed by atoms with van der Waals surface area (Å²) in [5.74, 6) is 0. The minimum absolute atomic E-state index is 0.102. The molecule has 0 spiro atoms. The second kappa shape index (κ2) is 5.32. The summed E-state index contributed by atoms with van der Waals surface area (Å²) in [4.78, 5) is 0. The Morgan fingerprint density at radius 1 is 1.50 bits per heavy atom. The highest BCUT2D eigenvalue weighted by Gasteiger charge is 2.35. The standard InChI is InChI=1S/C8H17Br2Si2/c1-2-3-6-12(10)7-4-5-11(9)8-12/h2-8H2,1H3. The van der Waals surface area contributed by atoms with Crippen molar-refractivity contribution in [1.82, 2.24) is 0 Å². The third kappa shape index (κ3) is 3.64. The van der Waals surface area contributed by atoms with Gasteiger partial charge in [-0.05, 0) is 23.8 Å². The SMILES string of the molecule is CCCC[Si]1(Br)CCC[Si](Br)C1. The highest BCUT2D eigenvalue weighted by Crippen LogP contribution is 2.39. The first-order valence-electron chi connectivity index (χ1n) is 4.85. The van der Waals surface area contributed by atoms with Crippen LogP contribution in [0.5, 0.6) is 0 Å². The van der Waals surface area contributed by atoms with E-state index in [0.29, 0.717) is 0 Å². The second-order valence-corrected chi connectivity index (χ2v) is 18.5. The van der Waals surface area contributed by atoms with Crippen LogP contribution in [0.4, 0.5) is 0 Å². The zero-order valence-corrected chi connectivity index (χ0v) is 12.9. The summed E-state index contributed by atoms with van der Waals surface area (Å²) in [5, 5.41) is 0. The smallest absolute Gasteiger partial charge is 0.129 e. The summed E-state index contributed by atoms with van der Waals surface area (Å²) in [6, 6.07) is 4.55. The molecule has 0 aromatic heterocycles. The quantitative estimate of drug-likeness (QED) is 0.530. The maximum atomic E-state index is 4.07. The molecule has 1 unspecified atom stereocenters. The summed E-state index contributed by atoms with van der Waals surface area (Å²) in [6.45, 7) is 1.39. The lowest BCUT2D eigenvalue weighted by atomic mass is 10.4. The molecule has 1 heterocycles. The average Bonchev–Trinajstić information content (AvgIpc) is 2.01. The fourth-order valence-electron chi connectivity index (χ4n) is 1.82. The van der Waals surface area contributed by atoms with Gasteiger partial charge in [-0.25, -0.2) is 0 Å². The molecule has 1 fully saturated rings. The molecule has 1 rings (SSSR count). The normalized spacial score (nSPS) is 32.2. The molecule has 1 aliphatic heterocycles. The molecular formula is C8H17Br2Si2. The van der Waals surface area contributed by atoms with Crippen molar-refractivity contribution in [1.29, 1.82) is 0 Å². The molecule has 0 aromatic rings. The fraction of sp³-hybridized carbons (Fsp3) is 1.00. The minimum Gasteiger partial charge on any atom is -0.129 e. The van der Waals surface area contributed by atoms with E-state index in [0.717, 1.165) is 0 Å². The van der Waals surface area contributed by atoms with Gasteiger partial charge in [0.2, 0.25) is 0 Å². The molecule has 4 heteroatoms. The summed E-state index contributed by atoms with van der Waals surface area (Å²) < 4.78 is 0. The Kier molecular flexibility index (Phi) is 5.08. The predicted octanol–water partition coefficient (Wildman–Crippen LogP) is 4.46. The van der Waals surface area contributed by atoms with E-state index in [2.05, 4.69) is 37.5 Å². The van der Waals surface area contributed by atoms with Gasteiger partial charge in [0.05, 0.1) is 0 Å². The van der Waals surface area contributed by atoms with Crippen LogP contribution in [-0.4, -0.2) is 14.1 Å². The summed E-state index contributed by atoms with van der Waals surface area (Å²) in [5.41, 5.74) is 1.55. The number of hydrogen-bond donors (Lipinski definition) is 0. The predicted molar refractivity (Wildman–Crippen MR) is 68.1 cm³/mol. The molecule has 0 aliphatic carbocycles. The van der Waals surface area contributed by atoms with Gasteiger partial charge in [-0.1, -0.05) is 26.2 Å². The van der Waals surface area contributed by atoms with Crippen LogP contribution in [0.2, 0.25) is 23.8 Å². The van der Waals surface area contributed by atoms with Crippen molar-refractivity contribution in [3.63, 3.8) is 0 Å². The minimum atomic E-state index is -0.910. The van der Waals surface area contributed by atoms with Crippen molar-refractivity contribution in [2.45, 2.75) is 50.0 Å². The van der Waals surface area contributed by atoms with E-state index in [-0.39, 0.29) is 7.42 Å². The van der Waals surface area contributed by atoms with E-state index in [9.17, 15) is 0 Å². The number of hydrogen-bond acceptors (Lipinski definition) is 0. The zero-order chi connectivity index (χ0) is 9.03. The molecule has 0 bridgehead atoms. The van der Waals surface area contributed by atoms with Crippen molar-refractivity contribution in [2.75, 3.05) is 0 Å². The Bertz CT molecular complexity index is 143. The van der Waals surface area contributed by atoms with Crippen LogP contribution in [0.25, 0.3) is 0 Å². The summed E-state index contributed by atoms with van der Waals surface area (Å²) in [6.07, 6.45) is 4.30. The fourth-order valence-corrected chi connectivity index (χ4v) is 23.4. The van der Waals surface area contributed by atoms with Crippen LogP contribution in [0.3, 0.4) is 0 Å². The monoisotopic (exact) mass is 327 g/mol. The highest BCUT2D eigenvalue weighted by atomic mass is 79.9. The topological polar surface area (TPSA) is 0 Å². The van der Waals surface area contributed by atoms with Gasteiger partial charge in [-0.3, -0.25) is 0 Å². The van der Waals surface area contributed by atoms with Crippen LogP contribution in [-0.2, 0) is 0 Å². The molecule has 1 radical (unpaired) electrons. The number of halogens is 2. The molecule has 0 amide bonds. The van der Waals surface area contributed by atoms with Gasteiger partial charge in [0.25, 0.3) is 0 Å². The number of rotatable bonds is 3. The van der Waals surface area contributed by atoms with E-state index < -0.39 is 6.69 Å². The first kappa shape index (κ1) is 11.5. The van der Waals surface area contributed by atoms with Crippen molar-refractivity contribution < 1.29 is 0 Å². The first-order chi connectivity index (χ1) is 5.66. The van der Waals surface area contributed by atoms with Crippen molar-refractivity contribution >= 4 is 44.7 Å². The Balaban J connectivity index is 2.35. The van der Waals surface area contributed by atoms with Gasteiger partial charge in [-0.15, -0.1) is 30.6 Å². The lowest BCUT2D eigenvalue weighted by Gasteiger charge is -2.31. The average molecular weight is 329 g/mol. The van der Waals surface area contributed by atoms with E-state index in [1.165, 1.54) is 37.4 Å². The lowest BCUT2D eigenvalue weighted by molar-refractivity contribution is 0.860. The highest BCUT2D eigenvalue weighted by molar-refractivity contribution is 9.27. The van der Waals surface area contributed by atoms with Gasteiger partial charge in [0, 0.05) is 0 Å². The van der Waals surface area contributed by atoms with Gasteiger partial charge >= 0.3 is 0 Å². The van der Waals surface area contributed by atoms with E-state index in [1.807, 2.05) is 0 Å². The molecule has 1 atom stereocenters. The van der Waals surface area contributed by atoms with Crippen LogP contribution >= 0.6 is 30.6 Å². The Labute approximate surface area is 94.3 Å². The van der Waals surface area contributed by atoms with Gasteiger partial charge in [0.1, 0.15) is 14.1 Å². The van der Waals surface area contributed by atoms with Crippen molar-refractivity contribution in [3.8, 4) is 0 Å². The first-order valence-corrected chi connectivity index (χ1v) is 13.9. The van der Waals surface area contributed by atoms with Crippen molar-refractivity contribution in [3.05, 3.63) is 0 Å². The van der Waals surface area contributed by atoms with E-state index in [1.54, 1.807) is 5.67 Å². The van der Waals surface area contributed by atoms with Crippen molar-refractivity contribution in [2.24, 2.45) is 0 Å². The Morgan fingerprint density at radius 2 is 2.25 bits per heavy atom. The zero-order valence-electron chi connectivity index (χ0n) is 7.71. The third-order valence-electron chi connectivity index (χ3n) is 2.56. The maximum absolute atomic E-state index is 4.07. The van der Waals surface area contributed by atoms with Crippen LogP contribution in [0.1, 0.15) is 26.2 Å². The van der Waals surface area contributed by atoms with E-state index in [4.69, 9.17) is 0 Å². The summed E-state index contributed by atoms with van der Waals surface area (Å²) >= 11 is 7.93. The molecule has 0 saturated carbocycles. The molecule has 1 aliphatic rings. The number of unbranched alkanes of at least 4 members (excludes halogenated alkanes) is 1. The van der Waals surface area contributed by atoms with Crippen LogP contribution in [0, 0.1) is 0 Å². The Morgan fingerprint density at radius 3 is 2.83 bits per heavy atom. The summed E-state index contributed by atoms with van der Waals surface area (Å²) in [7, 11) is -0.102. The molecule has 0 N–H and O–H groups in total. The Hall–Kier alpha value is 1.39. The van der Waals surface area contributed by atoms with Gasteiger partial charge in [-0.2, -0.15) is 0 Å². The lowest BCUT2D eigenvalue weighted by Crippen LogP contribution is -2.34. The van der Waals surface area contributed by atoms with E-state index >= 15 is 0 Å². The molecule has 1 saturated heterocycles. The molecule has 12 heavy (non-hydrogen) atoms. The van der Waals surface area contributed by atoms with Crippen LogP contribution < -0.4 is 0 Å². The molecule has 71 valence electrons. The maximum Gasteiger partial charge on any atom is 0.133 e. The third-order valence-corrected chi connectivity index (χ3v) is 18.6. The van der Waals surface area contributed by atoms with Gasteiger partial charge < -0.3 is 0 Å². The largest absolute Gasteiger partial charge is 0.133 e. The molecule has 0 aromatic carbocycles. The molecular weight excluding hydrogens is 312 g/mol. The van der Waals surface area contributed by atoms with Gasteiger partial charge in [0.15, 0.2) is 0 Å². The second-order valence-electron chi connectivity index (χ2n) is 3.80.